The predicted octanol–water partition coefficient (Wildman–Crippen LogP) is 3.28. The Hall–Kier alpha value is -3.61. The average Bonchev–Trinajstić information content (AvgIpc) is 3.03. The second-order valence-electron chi connectivity index (χ2n) is 6.05. The molecule has 0 spiro atoms. The molecule has 0 saturated heterocycles. The van der Waals surface area contributed by atoms with E-state index in [1.54, 1.807) is 18.2 Å². The van der Waals surface area contributed by atoms with Gasteiger partial charge < -0.3 is 18.9 Å². The second-order valence-corrected chi connectivity index (χ2v) is 6.05. The van der Waals surface area contributed by atoms with E-state index in [4.69, 9.17) is 18.9 Å². The minimum absolute atomic E-state index is 0.139. The van der Waals surface area contributed by atoms with Crippen LogP contribution in [0.5, 0.6) is 17.2 Å². The van der Waals surface area contributed by atoms with Gasteiger partial charge in [0.1, 0.15) is 0 Å². The van der Waals surface area contributed by atoms with Crippen LogP contribution in [0.15, 0.2) is 47.1 Å². The number of esters is 2. The van der Waals surface area contributed by atoms with Gasteiger partial charge >= 0.3 is 11.9 Å². The quantitative estimate of drug-likeness (QED) is 0.449. The molecule has 0 atom stereocenters. The number of rotatable bonds is 5. The average molecular weight is 381 g/mol. The number of carbonyl (C=O) groups is 2. The van der Waals surface area contributed by atoms with Gasteiger partial charge in [0.2, 0.25) is 11.6 Å². The molecule has 144 valence electrons. The van der Waals surface area contributed by atoms with Crippen LogP contribution < -0.4 is 14.2 Å². The Morgan fingerprint density at radius 3 is 2.21 bits per heavy atom. The summed E-state index contributed by atoms with van der Waals surface area (Å²) in [4.78, 5) is 27.8. The van der Waals surface area contributed by atoms with Crippen LogP contribution in [0, 0.1) is 6.92 Å². The maximum atomic E-state index is 12.2. The van der Waals surface area contributed by atoms with Crippen molar-refractivity contribution in [3.8, 4) is 17.2 Å². The third-order valence-corrected chi connectivity index (χ3v) is 3.95. The molecule has 1 heterocycles. The fourth-order valence-corrected chi connectivity index (χ4v) is 2.61. The first-order valence-corrected chi connectivity index (χ1v) is 8.45. The van der Waals surface area contributed by atoms with Gasteiger partial charge in [-0.3, -0.25) is 4.79 Å². The van der Waals surface area contributed by atoms with Gasteiger partial charge in [-0.05, 0) is 42.8 Å². The summed E-state index contributed by atoms with van der Waals surface area (Å²) in [5.74, 6) is -0.0813. The van der Waals surface area contributed by atoms with E-state index in [0.29, 0.717) is 11.1 Å². The summed E-state index contributed by atoms with van der Waals surface area (Å²) in [6.07, 6.45) is 1.55. The molecule has 0 amide bonds. The van der Waals surface area contributed by atoms with Crippen LogP contribution in [0.1, 0.15) is 23.6 Å². The van der Waals surface area contributed by atoms with Gasteiger partial charge in [-0.2, -0.15) is 0 Å². The number of aryl methyl sites for hydroxylation is 1. The van der Waals surface area contributed by atoms with Crippen molar-refractivity contribution in [2.24, 2.45) is 4.99 Å². The Morgan fingerprint density at radius 1 is 1.07 bits per heavy atom. The Balaban J connectivity index is 1.99. The number of carbonyl (C=O) groups excluding carboxylic acids is 2. The molecule has 1 aliphatic rings. The number of cyclic esters (lactones) is 1. The van der Waals surface area contributed by atoms with Crippen LogP contribution in [0.4, 0.5) is 0 Å². The minimum atomic E-state index is -0.558. The lowest BCUT2D eigenvalue weighted by molar-refractivity contribution is -0.132. The van der Waals surface area contributed by atoms with E-state index in [-0.39, 0.29) is 28.8 Å². The zero-order valence-corrected chi connectivity index (χ0v) is 15.9. The number of aliphatic imine (C=N–C) groups is 1. The highest BCUT2D eigenvalue weighted by Gasteiger charge is 2.25. The first-order valence-electron chi connectivity index (χ1n) is 8.45. The van der Waals surface area contributed by atoms with E-state index in [9.17, 15) is 9.59 Å². The molecule has 0 unspecified atom stereocenters. The van der Waals surface area contributed by atoms with Crippen molar-refractivity contribution in [2.75, 3.05) is 14.2 Å². The third kappa shape index (κ3) is 4.03. The van der Waals surface area contributed by atoms with E-state index in [0.717, 1.165) is 5.56 Å². The summed E-state index contributed by atoms with van der Waals surface area (Å²) < 4.78 is 21.0. The molecule has 3 rings (SSSR count). The molecule has 2 aromatic carbocycles. The highest BCUT2D eigenvalue weighted by atomic mass is 16.6. The number of methoxy groups -OCH3 is 2. The Kier molecular flexibility index (Phi) is 5.44. The summed E-state index contributed by atoms with van der Waals surface area (Å²) >= 11 is 0. The van der Waals surface area contributed by atoms with Crippen molar-refractivity contribution in [1.29, 1.82) is 0 Å². The van der Waals surface area contributed by atoms with Gasteiger partial charge in [-0.25, -0.2) is 9.79 Å². The zero-order chi connectivity index (χ0) is 20.3. The Morgan fingerprint density at radius 2 is 1.68 bits per heavy atom. The van der Waals surface area contributed by atoms with Crippen LogP contribution in [0.2, 0.25) is 0 Å². The molecule has 28 heavy (non-hydrogen) atoms. The Labute approximate surface area is 162 Å². The summed E-state index contributed by atoms with van der Waals surface area (Å²) in [6, 6.07) is 10.7. The molecule has 7 nitrogen and oxygen atoms in total. The SMILES string of the molecule is COc1cc(/C=C2\N=C(c3ccc(C)cc3)OC2=O)cc(OC)c1OC(C)=O. The van der Waals surface area contributed by atoms with E-state index in [2.05, 4.69) is 4.99 Å². The first kappa shape index (κ1) is 19.2. The molecular weight excluding hydrogens is 362 g/mol. The topological polar surface area (TPSA) is 83.4 Å². The molecule has 0 aromatic heterocycles. The van der Waals surface area contributed by atoms with Crippen LogP contribution in [-0.2, 0) is 14.3 Å². The number of benzene rings is 2. The number of nitrogens with zero attached hydrogens (tertiary/aromatic N) is 1. The van der Waals surface area contributed by atoms with Crippen molar-refractivity contribution < 1.29 is 28.5 Å². The first-order chi connectivity index (χ1) is 13.4. The number of hydrogen-bond donors (Lipinski definition) is 0. The van der Waals surface area contributed by atoms with Crippen LogP contribution in [0.25, 0.3) is 6.08 Å². The van der Waals surface area contributed by atoms with Gasteiger partial charge in [0.25, 0.3) is 0 Å². The standard InChI is InChI=1S/C21H19NO6/c1-12-5-7-15(8-6-12)20-22-16(21(24)28-20)9-14-10-17(25-3)19(27-13(2)23)18(11-14)26-4/h5-11H,1-4H3/b16-9-. The predicted molar refractivity (Wildman–Crippen MR) is 103 cm³/mol. The third-order valence-electron chi connectivity index (χ3n) is 3.95. The van der Waals surface area contributed by atoms with Crippen molar-refractivity contribution in [1.82, 2.24) is 0 Å². The second kappa shape index (κ2) is 7.96. The number of ether oxygens (including phenoxy) is 4. The maximum Gasteiger partial charge on any atom is 0.363 e. The largest absolute Gasteiger partial charge is 0.493 e. The van der Waals surface area contributed by atoms with Gasteiger partial charge in [0.15, 0.2) is 17.2 Å². The lowest BCUT2D eigenvalue weighted by Gasteiger charge is -2.13. The molecular formula is C21H19NO6. The molecule has 0 N–H and O–H groups in total. The van der Waals surface area contributed by atoms with Gasteiger partial charge in [-0.1, -0.05) is 17.7 Å². The van der Waals surface area contributed by atoms with E-state index in [1.807, 2.05) is 31.2 Å². The molecule has 0 saturated carbocycles. The van der Waals surface area contributed by atoms with Crippen molar-refractivity contribution in [3.05, 3.63) is 58.8 Å². The van der Waals surface area contributed by atoms with Gasteiger partial charge in [-0.15, -0.1) is 0 Å². The zero-order valence-electron chi connectivity index (χ0n) is 15.9. The summed E-state index contributed by atoms with van der Waals surface area (Å²) in [5.41, 5.74) is 2.52. The van der Waals surface area contributed by atoms with E-state index in [1.165, 1.54) is 21.1 Å². The van der Waals surface area contributed by atoms with Crippen LogP contribution in [0.3, 0.4) is 0 Å². The molecule has 0 fully saturated rings. The van der Waals surface area contributed by atoms with Crippen LogP contribution >= 0.6 is 0 Å². The Bertz CT molecular complexity index is 963. The minimum Gasteiger partial charge on any atom is -0.493 e. The maximum absolute atomic E-state index is 12.2. The fraction of sp³-hybridized carbons (Fsp3) is 0.190. The molecule has 1 aliphatic heterocycles. The van der Waals surface area contributed by atoms with Crippen molar-refractivity contribution in [3.63, 3.8) is 0 Å². The normalized spacial score (nSPS) is 14.5. The van der Waals surface area contributed by atoms with Crippen LogP contribution in [-0.4, -0.2) is 32.1 Å². The lowest BCUT2D eigenvalue weighted by atomic mass is 10.1. The molecule has 0 bridgehead atoms. The van der Waals surface area contributed by atoms with Gasteiger partial charge in [0, 0.05) is 12.5 Å². The van der Waals surface area contributed by atoms with Crippen molar-refractivity contribution >= 4 is 23.9 Å². The number of hydrogen-bond acceptors (Lipinski definition) is 7. The van der Waals surface area contributed by atoms with E-state index < -0.39 is 11.9 Å². The van der Waals surface area contributed by atoms with Gasteiger partial charge in [0.05, 0.1) is 14.2 Å². The molecule has 7 heteroatoms. The van der Waals surface area contributed by atoms with E-state index >= 15 is 0 Å². The highest BCUT2D eigenvalue weighted by Crippen LogP contribution is 2.39. The molecule has 0 radical (unpaired) electrons. The summed E-state index contributed by atoms with van der Waals surface area (Å²) in [7, 11) is 2.88. The summed E-state index contributed by atoms with van der Waals surface area (Å²) in [5, 5.41) is 0. The molecule has 2 aromatic rings. The van der Waals surface area contributed by atoms with Crippen molar-refractivity contribution in [2.45, 2.75) is 13.8 Å². The highest BCUT2D eigenvalue weighted by molar-refractivity contribution is 6.12. The lowest BCUT2D eigenvalue weighted by Crippen LogP contribution is -2.05. The monoisotopic (exact) mass is 381 g/mol. The molecule has 0 aliphatic carbocycles. The summed E-state index contributed by atoms with van der Waals surface area (Å²) in [6.45, 7) is 3.25. The smallest absolute Gasteiger partial charge is 0.363 e. The fourth-order valence-electron chi connectivity index (χ4n) is 2.61.